The van der Waals surface area contributed by atoms with Crippen LogP contribution in [0.1, 0.15) is 37.7 Å². The molecule has 0 spiro atoms. The Bertz CT molecular complexity index is 1420. The number of anilines is 2. The lowest BCUT2D eigenvalue weighted by atomic mass is 10.0. The van der Waals surface area contributed by atoms with E-state index in [1.165, 1.54) is 0 Å². The van der Waals surface area contributed by atoms with Gasteiger partial charge in [-0.25, -0.2) is 15.0 Å². The molecule has 4 N–H and O–H groups in total. The number of aryl methyl sites for hydroxylation is 1. The van der Waals surface area contributed by atoms with E-state index < -0.39 is 0 Å². The smallest absolute Gasteiger partial charge is 0.228 e. The summed E-state index contributed by atoms with van der Waals surface area (Å²) in [6, 6.07) is 16.5. The maximum atomic E-state index is 10.4. The number of pyridine rings is 1. The second kappa shape index (κ2) is 10.9. The van der Waals surface area contributed by atoms with Gasteiger partial charge >= 0.3 is 0 Å². The van der Waals surface area contributed by atoms with E-state index in [4.69, 9.17) is 9.72 Å². The molecule has 1 aliphatic carbocycles. The van der Waals surface area contributed by atoms with E-state index in [0.29, 0.717) is 17.9 Å². The van der Waals surface area contributed by atoms with E-state index in [1.807, 2.05) is 31.2 Å². The quantitative estimate of drug-likeness (QED) is 0.266. The van der Waals surface area contributed by atoms with Crippen molar-refractivity contribution in [3.05, 3.63) is 66.5 Å². The largest absolute Gasteiger partial charge is 0.437 e. The third-order valence-electron chi connectivity index (χ3n) is 7.56. The normalized spacial score (nSPS) is 21.4. The summed E-state index contributed by atoms with van der Waals surface area (Å²) >= 11 is 0. The summed E-state index contributed by atoms with van der Waals surface area (Å²) in [5.74, 6) is 1.87. The topological polar surface area (TPSA) is 104 Å². The predicted molar refractivity (Wildman–Crippen MR) is 151 cm³/mol. The molecule has 38 heavy (non-hydrogen) atoms. The number of ether oxygens (including phenoxy) is 1. The Morgan fingerprint density at radius 1 is 0.921 bits per heavy atom. The highest BCUT2D eigenvalue weighted by Crippen LogP contribution is 2.39. The zero-order valence-corrected chi connectivity index (χ0v) is 21.7. The van der Waals surface area contributed by atoms with Gasteiger partial charge < -0.3 is 25.8 Å². The van der Waals surface area contributed by atoms with Crippen LogP contribution >= 0.6 is 0 Å². The van der Waals surface area contributed by atoms with Crippen molar-refractivity contribution in [2.45, 2.75) is 57.2 Å². The number of aromatic nitrogens is 3. The Balaban J connectivity index is 1.32. The van der Waals surface area contributed by atoms with Crippen molar-refractivity contribution in [1.82, 2.24) is 20.3 Å². The fourth-order valence-electron chi connectivity index (χ4n) is 5.51. The molecule has 6 rings (SSSR count). The average molecular weight is 511 g/mol. The molecule has 2 aliphatic rings. The molecule has 1 aliphatic heterocycles. The van der Waals surface area contributed by atoms with Crippen molar-refractivity contribution in [2.75, 3.05) is 23.7 Å². The van der Waals surface area contributed by atoms with E-state index in [-0.39, 0.29) is 12.1 Å². The maximum Gasteiger partial charge on any atom is 0.228 e. The number of rotatable bonds is 7. The van der Waals surface area contributed by atoms with Crippen LogP contribution in [-0.4, -0.2) is 51.3 Å². The highest BCUT2D eigenvalue weighted by Gasteiger charge is 2.25. The molecule has 1 saturated carbocycles. The van der Waals surface area contributed by atoms with Gasteiger partial charge in [0.2, 0.25) is 11.8 Å². The van der Waals surface area contributed by atoms with Crippen LogP contribution in [0.4, 0.5) is 11.6 Å². The van der Waals surface area contributed by atoms with Gasteiger partial charge in [0.25, 0.3) is 0 Å². The number of aliphatic hydroxyl groups excluding tert-OH is 1. The first-order chi connectivity index (χ1) is 18.7. The Hall–Kier alpha value is -3.75. The van der Waals surface area contributed by atoms with Crippen molar-refractivity contribution in [1.29, 1.82) is 0 Å². The number of nitrogens with zero attached hydrogens (tertiary/aromatic N) is 3. The van der Waals surface area contributed by atoms with Gasteiger partial charge in [-0.2, -0.15) is 0 Å². The van der Waals surface area contributed by atoms with Crippen molar-refractivity contribution in [2.24, 2.45) is 0 Å². The van der Waals surface area contributed by atoms with Gasteiger partial charge in [-0.15, -0.1) is 0 Å². The van der Waals surface area contributed by atoms with Crippen molar-refractivity contribution < 1.29 is 9.84 Å². The second-order valence-corrected chi connectivity index (χ2v) is 10.3. The summed E-state index contributed by atoms with van der Waals surface area (Å²) in [5, 5.41) is 22.9. The molecule has 0 radical (unpaired) electrons. The Kier molecular flexibility index (Phi) is 7.07. The van der Waals surface area contributed by atoms with Gasteiger partial charge in [-0.3, -0.25) is 0 Å². The Labute approximate surface area is 222 Å². The first-order valence-electron chi connectivity index (χ1n) is 13.6. The number of piperidine rings is 1. The van der Waals surface area contributed by atoms with Gasteiger partial charge in [0.15, 0.2) is 0 Å². The number of aliphatic hydroxyl groups is 1. The van der Waals surface area contributed by atoms with E-state index in [0.717, 1.165) is 84.2 Å². The third-order valence-corrected chi connectivity index (χ3v) is 7.56. The fourth-order valence-corrected chi connectivity index (χ4v) is 5.51. The van der Waals surface area contributed by atoms with Crippen LogP contribution in [0, 0.1) is 6.92 Å². The lowest BCUT2D eigenvalue weighted by molar-refractivity contribution is 0.172. The molecule has 4 aromatic rings. The molecule has 2 fully saturated rings. The number of hydrogen-bond acceptors (Lipinski definition) is 8. The van der Waals surface area contributed by atoms with Gasteiger partial charge in [0.05, 0.1) is 23.4 Å². The van der Waals surface area contributed by atoms with E-state index in [1.54, 1.807) is 12.4 Å². The van der Waals surface area contributed by atoms with E-state index in [2.05, 4.69) is 50.2 Å². The zero-order valence-electron chi connectivity index (χ0n) is 21.7. The summed E-state index contributed by atoms with van der Waals surface area (Å²) in [4.78, 5) is 13.8. The zero-order chi connectivity index (χ0) is 25.9. The Morgan fingerprint density at radius 2 is 1.87 bits per heavy atom. The van der Waals surface area contributed by atoms with Crippen LogP contribution in [-0.2, 0) is 0 Å². The Morgan fingerprint density at radius 3 is 2.71 bits per heavy atom. The highest BCUT2D eigenvalue weighted by atomic mass is 16.5. The molecule has 3 atom stereocenters. The monoisotopic (exact) mass is 510 g/mol. The highest BCUT2D eigenvalue weighted by molar-refractivity contribution is 5.98. The predicted octanol–water partition coefficient (Wildman–Crippen LogP) is 5.28. The SMILES string of the molecule is Cc1ccc2c(NC3CCCC3O)cccc2c1Oc1ncccc1-c1ccnc(N[C@H]2CCCNC2)n1. The first-order valence-corrected chi connectivity index (χ1v) is 13.6. The number of benzene rings is 2. The molecule has 8 heteroatoms. The average Bonchev–Trinajstić information content (AvgIpc) is 3.35. The minimum atomic E-state index is -0.316. The molecule has 2 aromatic carbocycles. The van der Waals surface area contributed by atoms with Crippen LogP contribution in [0.25, 0.3) is 22.0 Å². The molecule has 8 nitrogen and oxygen atoms in total. The molecule has 196 valence electrons. The summed E-state index contributed by atoms with van der Waals surface area (Å²) < 4.78 is 6.56. The maximum absolute atomic E-state index is 10.4. The molecular weight excluding hydrogens is 476 g/mol. The fraction of sp³-hybridized carbons (Fsp3) is 0.367. The van der Waals surface area contributed by atoms with Gasteiger partial charge in [0, 0.05) is 41.4 Å². The van der Waals surface area contributed by atoms with Crippen LogP contribution < -0.4 is 20.7 Å². The number of hydrogen-bond donors (Lipinski definition) is 4. The third kappa shape index (κ3) is 5.14. The van der Waals surface area contributed by atoms with Gasteiger partial charge in [-0.05, 0) is 75.4 Å². The van der Waals surface area contributed by atoms with Crippen molar-refractivity contribution in [3.8, 4) is 22.9 Å². The molecule has 3 heterocycles. The lowest BCUT2D eigenvalue weighted by Gasteiger charge is -2.23. The minimum Gasteiger partial charge on any atom is -0.437 e. The first kappa shape index (κ1) is 24.6. The van der Waals surface area contributed by atoms with Gasteiger partial charge in [-0.1, -0.05) is 24.3 Å². The van der Waals surface area contributed by atoms with Crippen LogP contribution in [0.2, 0.25) is 0 Å². The van der Waals surface area contributed by atoms with E-state index in [9.17, 15) is 5.11 Å². The van der Waals surface area contributed by atoms with Crippen LogP contribution in [0.3, 0.4) is 0 Å². The summed E-state index contributed by atoms with van der Waals surface area (Å²) in [7, 11) is 0. The standard InChI is InChI=1S/C30H34N6O2/c1-19-12-13-21-22(7-2-9-24(21)35-26-10-3-11-27(26)37)28(19)38-29-23(8-5-16-32-29)25-14-17-33-30(36-25)34-20-6-4-15-31-18-20/h2,5,7-9,12-14,16-17,20,26-27,31,35,37H,3-4,6,10-11,15,18H2,1H3,(H,33,34,36)/t20-,26?,27?/m0/s1. The van der Waals surface area contributed by atoms with Crippen LogP contribution in [0.15, 0.2) is 60.9 Å². The summed E-state index contributed by atoms with van der Waals surface area (Å²) in [5.41, 5.74) is 3.58. The number of fused-ring (bicyclic) bond motifs is 1. The van der Waals surface area contributed by atoms with Crippen molar-refractivity contribution >= 4 is 22.4 Å². The molecule has 2 unspecified atom stereocenters. The van der Waals surface area contributed by atoms with Crippen LogP contribution in [0.5, 0.6) is 11.6 Å². The molecule has 0 bridgehead atoms. The number of nitrogens with one attached hydrogen (secondary N) is 3. The second-order valence-electron chi connectivity index (χ2n) is 10.3. The summed E-state index contributed by atoms with van der Waals surface area (Å²) in [6.07, 6.45) is 8.28. The van der Waals surface area contributed by atoms with Crippen molar-refractivity contribution in [3.63, 3.8) is 0 Å². The molecule has 1 saturated heterocycles. The van der Waals surface area contributed by atoms with E-state index >= 15 is 0 Å². The molecular formula is C30H34N6O2. The minimum absolute atomic E-state index is 0.0682. The van der Waals surface area contributed by atoms with Gasteiger partial charge in [0.1, 0.15) is 5.75 Å². The summed E-state index contributed by atoms with van der Waals surface area (Å²) in [6.45, 7) is 4.01. The molecule has 0 amide bonds. The lowest BCUT2D eigenvalue weighted by Crippen LogP contribution is -2.38. The molecule has 2 aromatic heterocycles.